The lowest BCUT2D eigenvalue weighted by atomic mass is 10.0. The molecule has 0 fully saturated rings. The van der Waals surface area contributed by atoms with Gasteiger partial charge in [-0.05, 0) is 78.4 Å². The third kappa shape index (κ3) is 7.15. The first kappa shape index (κ1) is 28.6. The van der Waals surface area contributed by atoms with Gasteiger partial charge in [0, 0.05) is 23.2 Å². The predicted molar refractivity (Wildman–Crippen MR) is 164 cm³/mol. The van der Waals surface area contributed by atoms with Crippen molar-refractivity contribution in [3.05, 3.63) is 82.5 Å². The molecule has 0 radical (unpaired) electrons. The summed E-state index contributed by atoms with van der Waals surface area (Å²) in [5, 5.41) is 4.26. The molecule has 1 N–H and O–H groups in total. The third-order valence-corrected chi connectivity index (χ3v) is 8.98. The molecule has 1 aliphatic rings. The van der Waals surface area contributed by atoms with Gasteiger partial charge in [0.2, 0.25) is 0 Å². The maximum Gasteiger partial charge on any atom is 0.322 e. The molecule has 0 spiro atoms. The van der Waals surface area contributed by atoms with E-state index in [1.165, 1.54) is 22.3 Å². The highest BCUT2D eigenvalue weighted by molar-refractivity contribution is 8.00. The van der Waals surface area contributed by atoms with Gasteiger partial charge in [-0.2, -0.15) is 0 Å². The fraction of sp³-hybridized carbons (Fsp3) is 0.438. The van der Waals surface area contributed by atoms with Crippen molar-refractivity contribution in [3.63, 3.8) is 0 Å². The van der Waals surface area contributed by atoms with E-state index >= 15 is 0 Å². The molecule has 4 nitrogen and oxygen atoms in total. The Morgan fingerprint density at radius 1 is 1.00 bits per heavy atom. The molecule has 0 saturated heterocycles. The number of nitrogens with one attached hydrogen (secondary N) is 1. The highest BCUT2D eigenvalue weighted by Crippen LogP contribution is 2.36. The number of thioether (sulfide) groups is 2. The van der Waals surface area contributed by atoms with E-state index in [0.29, 0.717) is 12.5 Å². The average molecular weight is 548 g/mol. The van der Waals surface area contributed by atoms with Crippen molar-refractivity contribution in [3.8, 4) is 0 Å². The molecular weight excluding hydrogens is 507 g/mol. The first-order valence-corrected chi connectivity index (χ1v) is 15.9. The number of fused-ring (bicyclic) bond motifs is 1. The lowest BCUT2D eigenvalue weighted by Gasteiger charge is -2.32. The Morgan fingerprint density at radius 2 is 1.63 bits per heavy atom. The first-order valence-electron chi connectivity index (χ1n) is 13.9. The molecule has 0 unspecified atom stereocenters. The Hall–Kier alpha value is -2.44. The minimum Gasteiger partial charge on any atom is -0.317 e. The molecule has 202 valence electrons. The van der Waals surface area contributed by atoms with Crippen molar-refractivity contribution in [2.75, 3.05) is 16.8 Å². The zero-order chi connectivity index (χ0) is 27.1. The van der Waals surface area contributed by atoms with Crippen LogP contribution in [0.4, 0.5) is 10.5 Å². The van der Waals surface area contributed by atoms with Crippen LogP contribution in [0.25, 0.3) is 0 Å². The number of urea groups is 1. The van der Waals surface area contributed by atoms with Crippen molar-refractivity contribution < 1.29 is 4.79 Å². The van der Waals surface area contributed by atoms with Crippen LogP contribution in [0.15, 0.2) is 64.5 Å². The van der Waals surface area contributed by atoms with Crippen LogP contribution in [-0.2, 0) is 19.4 Å². The van der Waals surface area contributed by atoms with E-state index in [9.17, 15) is 4.79 Å². The van der Waals surface area contributed by atoms with Crippen LogP contribution in [0.1, 0.15) is 74.4 Å². The van der Waals surface area contributed by atoms with Gasteiger partial charge in [0.05, 0.1) is 5.69 Å². The van der Waals surface area contributed by atoms with Crippen molar-refractivity contribution >= 4 is 35.2 Å². The maximum atomic E-state index is 14.1. The fourth-order valence-electron chi connectivity index (χ4n) is 5.14. The Kier molecular flexibility index (Phi) is 10.2. The third-order valence-electron chi connectivity index (χ3n) is 7.20. The van der Waals surface area contributed by atoms with Crippen LogP contribution in [-0.4, -0.2) is 33.5 Å². The molecule has 1 aromatic heterocycles. The zero-order valence-corrected chi connectivity index (χ0v) is 25.1. The second-order valence-corrected chi connectivity index (χ2v) is 12.8. The number of pyridine rings is 1. The van der Waals surface area contributed by atoms with Gasteiger partial charge < -0.3 is 10.2 Å². The van der Waals surface area contributed by atoms with Gasteiger partial charge in [-0.25, -0.2) is 9.78 Å². The van der Waals surface area contributed by atoms with Gasteiger partial charge in [-0.3, -0.25) is 0 Å². The Balaban J connectivity index is 1.64. The number of carbonyl (C=O) groups is 1. The number of benzene rings is 2. The summed E-state index contributed by atoms with van der Waals surface area (Å²) in [5.74, 6) is 2.33. The number of amides is 2. The number of hydrogen-bond donors (Lipinski definition) is 1. The van der Waals surface area contributed by atoms with Gasteiger partial charge in [-0.1, -0.05) is 76.2 Å². The smallest absolute Gasteiger partial charge is 0.317 e. The van der Waals surface area contributed by atoms with E-state index in [0.717, 1.165) is 58.5 Å². The molecule has 2 amide bonds. The Labute approximate surface area is 237 Å². The van der Waals surface area contributed by atoms with E-state index in [1.807, 2.05) is 6.92 Å². The van der Waals surface area contributed by atoms with E-state index in [1.54, 1.807) is 23.5 Å². The quantitative estimate of drug-likeness (QED) is 0.215. The number of rotatable bonds is 9. The van der Waals surface area contributed by atoms with Crippen LogP contribution >= 0.6 is 23.5 Å². The molecule has 0 atom stereocenters. The van der Waals surface area contributed by atoms with E-state index in [4.69, 9.17) is 4.98 Å². The summed E-state index contributed by atoms with van der Waals surface area (Å²) in [5.41, 5.74) is 7.17. The Bertz CT molecular complexity index is 1170. The van der Waals surface area contributed by atoms with Gasteiger partial charge >= 0.3 is 6.03 Å². The van der Waals surface area contributed by atoms with Gasteiger partial charge in [-0.15, -0.1) is 23.5 Å². The van der Waals surface area contributed by atoms with Crippen LogP contribution in [0.5, 0.6) is 0 Å². The van der Waals surface area contributed by atoms with E-state index in [-0.39, 0.29) is 12.1 Å². The summed E-state index contributed by atoms with van der Waals surface area (Å²) < 4.78 is 0. The number of anilines is 1. The monoisotopic (exact) mass is 547 g/mol. The summed E-state index contributed by atoms with van der Waals surface area (Å²) in [6.07, 6.45) is 3.93. The SMILES string of the molecule is CCSc1cc(C)nc(SCC)c1NC(=O)N(Cc1ccc(C(C)C)cc1)C1CCc2ccccc2CC1. The van der Waals surface area contributed by atoms with Crippen molar-refractivity contribution in [1.29, 1.82) is 0 Å². The van der Waals surface area contributed by atoms with E-state index in [2.05, 4.69) is 92.5 Å². The predicted octanol–water partition coefficient (Wildman–Crippen LogP) is 8.72. The van der Waals surface area contributed by atoms with Crippen molar-refractivity contribution in [1.82, 2.24) is 9.88 Å². The fourth-order valence-corrected chi connectivity index (χ4v) is 6.85. The van der Waals surface area contributed by atoms with Crippen LogP contribution in [0.2, 0.25) is 0 Å². The van der Waals surface area contributed by atoms with Gasteiger partial charge in [0.25, 0.3) is 0 Å². The lowest BCUT2D eigenvalue weighted by Crippen LogP contribution is -2.43. The molecule has 0 bridgehead atoms. The minimum absolute atomic E-state index is 0.0320. The van der Waals surface area contributed by atoms with Gasteiger partial charge in [0.1, 0.15) is 5.03 Å². The molecule has 3 aromatic rings. The molecule has 4 rings (SSSR count). The number of nitrogens with zero attached hydrogens (tertiary/aromatic N) is 2. The molecule has 0 aliphatic heterocycles. The number of hydrogen-bond acceptors (Lipinski definition) is 4. The van der Waals surface area contributed by atoms with Gasteiger partial charge in [0.15, 0.2) is 0 Å². The summed E-state index contributed by atoms with van der Waals surface area (Å²) in [4.78, 5) is 22.1. The van der Waals surface area contributed by atoms with Crippen LogP contribution in [0, 0.1) is 6.92 Å². The number of aromatic nitrogens is 1. The molecule has 1 aliphatic carbocycles. The number of aryl methyl sites for hydroxylation is 3. The molecule has 0 saturated carbocycles. The second-order valence-electron chi connectivity index (χ2n) is 10.3. The molecule has 38 heavy (non-hydrogen) atoms. The van der Waals surface area contributed by atoms with E-state index < -0.39 is 0 Å². The van der Waals surface area contributed by atoms with Crippen LogP contribution in [0.3, 0.4) is 0 Å². The number of carbonyl (C=O) groups excluding carboxylic acids is 1. The van der Waals surface area contributed by atoms with Crippen molar-refractivity contribution in [2.45, 2.75) is 88.7 Å². The molecule has 2 aromatic carbocycles. The van der Waals surface area contributed by atoms with Crippen LogP contribution < -0.4 is 5.32 Å². The Morgan fingerprint density at radius 3 is 2.21 bits per heavy atom. The second kappa shape index (κ2) is 13.6. The largest absolute Gasteiger partial charge is 0.322 e. The molecular formula is C32H41N3OS2. The topological polar surface area (TPSA) is 45.2 Å². The maximum absolute atomic E-state index is 14.1. The highest BCUT2D eigenvalue weighted by atomic mass is 32.2. The summed E-state index contributed by atoms with van der Waals surface area (Å²) in [6.45, 7) is 11.3. The molecule has 6 heteroatoms. The first-order chi connectivity index (χ1) is 18.4. The summed E-state index contributed by atoms with van der Waals surface area (Å²) in [6, 6.07) is 19.8. The lowest BCUT2D eigenvalue weighted by molar-refractivity contribution is 0.176. The normalized spacial score (nSPS) is 13.7. The minimum atomic E-state index is -0.0320. The summed E-state index contributed by atoms with van der Waals surface area (Å²) in [7, 11) is 0. The summed E-state index contributed by atoms with van der Waals surface area (Å²) >= 11 is 3.45. The van der Waals surface area contributed by atoms with Crippen molar-refractivity contribution in [2.24, 2.45) is 0 Å². The molecule has 1 heterocycles. The standard InChI is InChI=1S/C32H41N3OS2/c1-6-37-29-20-23(5)33-31(38-7-2)30(29)34-32(36)35(21-24-12-14-25(15-13-24)22(3)4)28-18-16-26-10-8-9-11-27(26)17-19-28/h8-15,20,22,28H,6-7,16-19,21H2,1-5H3,(H,34,36). The average Bonchev–Trinajstić information content (AvgIpc) is 3.12. The highest BCUT2D eigenvalue weighted by Gasteiger charge is 2.28. The zero-order valence-electron chi connectivity index (χ0n) is 23.4.